The Morgan fingerprint density at radius 3 is 2.68 bits per heavy atom. The lowest BCUT2D eigenvalue weighted by Gasteiger charge is -2.32. The first kappa shape index (κ1) is 28.7. The summed E-state index contributed by atoms with van der Waals surface area (Å²) in [6.45, 7) is 7.85. The summed E-state index contributed by atoms with van der Waals surface area (Å²) in [5, 5.41) is 12.4. The minimum absolute atomic E-state index is 0.0893. The molecule has 9 nitrogen and oxygen atoms in total. The number of morpholine rings is 1. The molecule has 0 spiro atoms. The molecule has 1 aromatic carbocycles. The molecule has 2 aliphatic rings. The average Bonchev–Trinajstić information content (AvgIpc) is 3.40. The molecule has 1 aliphatic heterocycles. The number of hydrogen-bond acceptors (Lipinski definition) is 8. The van der Waals surface area contributed by atoms with Crippen LogP contribution in [-0.2, 0) is 27.8 Å². The van der Waals surface area contributed by atoms with Gasteiger partial charge in [-0.15, -0.1) is 10.2 Å². The summed E-state index contributed by atoms with van der Waals surface area (Å²) < 4.78 is 22.6. The number of benzene rings is 1. The van der Waals surface area contributed by atoms with E-state index in [-0.39, 0.29) is 17.7 Å². The molecule has 0 bridgehead atoms. The van der Waals surface area contributed by atoms with Gasteiger partial charge >= 0.3 is 0 Å². The first-order valence-electron chi connectivity index (χ1n) is 15.0. The van der Waals surface area contributed by atoms with Crippen LogP contribution in [0.25, 0.3) is 28.0 Å². The third-order valence-electron chi connectivity index (χ3n) is 8.72. The third-order valence-corrected chi connectivity index (χ3v) is 9.87. The number of halogens is 1. The number of hydrogen-bond donors (Lipinski definition) is 1. The predicted molar refractivity (Wildman–Crippen MR) is 168 cm³/mol. The Balaban J connectivity index is 1.04. The number of rotatable bonds is 9. The van der Waals surface area contributed by atoms with Crippen LogP contribution in [0.5, 0.6) is 0 Å². The minimum atomic E-state index is -0.441. The molecule has 7 rings (SSSR count). The fourth-order valence-electron chi connectivity index (χ4n) is 5.70. The minimum Gasteiger partial charge on any atom is -0.379 e. The molecule has 0 radical (unpaired) electrons. The van der Waals surface area contributed by atoms with Crippen LogP contribution in [-0.4, -0.2) is 67.7 Å². The fraction of sp³-hybridized carbons (Fsp3) is 0.364. The maximum Gasteiger partial charge on any atom is 0.230 e. The van der Waals surface area contributed by atoms with Gasteiger partial charge in [-0.05, 0) is 66.8 Å². The highest BCUT2D eigenvalue weighted by molar-refractivity contribution is 7.15. The average molecular weight is 612 g/mol. The van der Waals surface area contributed by atoms with Gasteiger partial charge in [-0.3, -0.25) is 19.1 Å². The van der Waals surface area contributed by atoms with Gasteiger partial charge in [0.1, 0.15) is 16.5 Å². The van der Waals surface area contributed by atoms with E-state index in [9.17, 15) is 4.79 Å². The van der Waals surface area contributed by atoms with Crippen molar-refractivity contribution in [3.8, 4) is 22.4 Å². The van der Waals surface area contributed by atoms with Crippen LogP contribution in [0.2, 0.25) is 0 Å². The quantitative estimate of drug-likeness (QED) is 0.233. The topological polar surface area (TPSA) is 97.5 Å². The molecule has 5 heterocycles. The molecule has 1 unspecified atom stereocenters. The molecule has 1 atom stereocenters. The lowest BCUT2D eigenvalue weighted by molar-refractivity contribution is -0.115. The van der Waals surface area contributed by atoms with Gasteiger partial charge in [-0.1, -0.05) is 30.4 Å². The zero-order valence-electron chi connectivity index (χ0n) is 24.8. The number of carbonyl (C=O) groups excluding carboxylic acids is 1. The third kappa shape index (κ3) is 5.99. The lowest BCUT2D eigenvalue weighted by Crippen LogP contribution is -2.43. The molecular weight excluding hydrogens is 577 g/mol. The monoisotopic (exact) mass is 611 g/mol. The Morgan fingerprint density at radius 1 is 1.07 bits per heavy atom. The van der Waals surface area contributed by atoms with Gasteiger partial charge < -0.3 is 10.1 Å². The van der Waals surface area contributed by atoms with Crippen molar-refractivity contribution in [3.63, 3.8) is 0 Å². The number of carbonyl (C=O) groups is 1. The van der Waals surface area contributed by atoms with Gasteiger partial charge in [0.2, 0.25) is 11.0 Å². The summed E-state index contributed by atoms with van der Waals surface area (Å²) in [5.74, 6) is -0.763. The number of nitrogens with one attached hydrogen (secondary N) is 1. The smallest absolute Gasteiger partial charge is 0.230 e. The van der Waals surface area contributed by atoms with Crippen LogP contribution in [0.4, 0.5) is 9.52 Å². The zero-order valence-corrected chi connectivity index (χ0v) is 25.6. The lowest BCUT2D eigenvalue weighted by atomic mass is 10.0. The summed E-state index contributed by atoms with van der Waals surface area (Å²) >= 11 is 1.39. The SMILES string of the molecule is CC(Cc1cc(-c2ccn3c(-c4ccc(CC(=O)Nc5nnc(C6(C)CC6)s5)c(F)c4)cnc3c2)ccn1)N1CCOCC1. The Hall–Kier alpha value is -4.06. The first-order chi connectivity index (χ1) is 21.3. The van der Waals surface area contributed by atoms with Crippen LogP contribution in [0, 0.1) is 5.82 Å². The number of imidazole rings is 1. The molecule has 5 aromatic rings. The molecule has 1 aliphatic carbocycles. The van der Waals surface area contributed by atoms with Crippen molar-refractivity contribution in [3.05, 3.63) is 83.1 Å². The van der Waals surface area contributed by atoms with Gasteiger partial charge in [-0.25, -0.2) is 9.37 Å². The number of nitrogens with zero attached hydrogens (tertiary/aromatic N) is 6. The Morgan fingerprint density at radius 2 is 1.89 bits per heavy atom. The molecule has 4 aromatic heterocycles. The fourth-order valence-corrected chi connectivity index (χ4v) is 6.66. The molecule has 44 heavy (non-hydrogen) atoms. The van der Waals surface area contributed by atoms with Crippen molar-refractivity contribution in [2.45, 2.75) is 51.0 Å². The molecule has 226 valence electrons. The van der Waals surface area contributed by atoms with Crippen molar-refractivity contribution in [1.29, 1.82) is 0 Å². The van der Waals surface area contributed by atoms with Crippen molar-refractivity contribution in [1.82, 2.24) is 29.5 Å². The molecule has 1 saturated heterocycles. The number of amides is 1. The van der Waals surface area contributed by atoms with E-state index < -0.39 is 5.82 Å². The number of pyridine rings is 2. The summed E-state index contributed by atoms with van der Waals surface area (Å²) in [5.41, 5.74) is 5.79. The van der Waals surface area contributed by atoms with Crippen molar-refractivity contribution >= 4 is 28.0 Å². The van der Waals surface area contributed by atoms with Crippen molar-refractivity contribution in [2.24, 2.45) is 0 Å². The maximum atomic E-state index is 15.2. The van der Waals surface area contributed by atoms with Crippen LogP contribution in [0.1, 0.15) is 43.0 Å². The van der Waals surface area contributed by atoms with E-state index in [1.807, 2.05) is 41.1 Å². The van der Waals surface area contributed by atoms with Crippen LogP contribution in [0.15, 0.2) is 61.1 Å². The number of fused-ring (bicyclic) bond motifs is 1. The molecule has 11 heteroatoms. The van der Waals surface area contributed by atoms with E-state index in [0.29, 0.717) is 22.3 Å². The van der Waals surface area contributed by atoms with E-state index >= 15 is 4.39 Å². The zero-order chi connectivity index (χ0) is 30.3. The second-order valence-corrected chi connectivity index (χ2v) is 13.0. The van der Waals surface area contributed by atoms with Crippen LogP contribution in [0.3, 0.4) is 0 Å². The summed E-state index contributed by atoms with van der Waals surface area (Å²) in [6, 6.07) is 13.6. The van der Waals surface area contributed by atoms with Crippen LogP contribution < -0.4 is 5.32 Å². The predicted octanol–water partition coefficient (Wildman–Crippen LogP) is 5.55. The maximum absolute atomic E-state index is 15.2. The second kappa shape index (κ2) is 11.8. The summed E-state index contributed by atoms with van der Waals surface area (Å²) in [6.07, 6.45) is 8.52. The molecule has 1 N–H and O–H groups in total. The normalized spacial score (nSPS) is 17.1. The summed E-state index contributed by atoms with van der Waals surface area (Å²) in [4.78, 5) is 24.3. The molecule has 2 fully saturated rings. The van der Waals surface area contributed by atoms with Gasteiger partial charge in [0.15, 0.2) is 0 Å². The van der Waals surface area contributed by atoms with E-state index in [2.05, 4.69) is 50.3 Å². The highest BCUT2D eigenvalue weighted by Gasteiger charge is 2.42. The highest BCUT2D eigenvalue weighted by atomic mass is 32.1. The second-order valence-electron chi connectivity index (χ2n) is 12.0. The van der Waals surface area contributed by atoms with E-state index in [0.717, 1.165) is 78.7 Å². The number of aromatic nitrogens is 5. The molecule has 1 amide bonds. The van der Waals surface area contributed by atoms with Gasteiger partial charge in [0.05, 0.1) is 31.5 Å². The van der Waals surface area contributed by atoms with E-state index in [4.69, 9.17) is 4.74 Å². The first-order valence-corrected chi connectivity index (χ1v) is 15.8. The van der Waals surface area contributed by atoms with Crippen molar-refractivity contribution < 1.29 is 13.9 Å². The Bertz CT molecular complexity index is 1830. The Kier molecular flexibility index (Phi) is 7.69. The molecule has 1 saturated carbocycles. The van der Waals surface area contributed by atoms with E-state index in [1.165, 1.54) is 17.4 Å². The van der Waals surface area contributed by atoms with Gasteiger partial charge in [0, 0.05) is 54.6 Å². The van der Waals surface area contributed by atoms with Gasteiger partial charge in [0.25, 0.3) is 0 Å². The number of anilines is 1. The van der Waals surface area contributed by atoms with Crippen molar-refractivity contribution in [2.75, 3.05) is 31.6 Å². The summed E-state index contributed by atoms with van der Waals surface area (Å²) in [7, 11) is 0. The molecular formula is C33H34FN7O2S. The largest absolute Gasteiger partial charge is 0.379 e. The Labute approximate surface area is 259 Å². The van der Waals surface area contributed by atoms with Crippen LogP contribution >= 0.6 is 11.3 Å². The standard InChI is InChI=1S/C33H34FN7O2S/c1-21(40-11-13-43-14-12-40)15-26-16-22(5-9-35-26)23-6-10-41-28(20-36-29(41)18-23)25-4-3-24(27(34)17-25)19-30(42)37-32-39-38-31(44-32)33(2)7-8-33/h3-6,9-10,16-18,20-21H,7-8,11-15,19H2,1-2H3,(H,37,39,42). The van der Waals surface area contributed by atoms with E-state index in [1.54, 1.807) is 12.3 Å². The number of ether oxygens (including phenoxy) is 1. The highest BCUT2D eigenvalue weighted by Crippen LogP contribution is 2.49. The van der Waals surface area contributed by atoms with Gasteiger partial charge in [-0.2, -0.15) is 0 Å².